The largest absolute Gasteiger partial charge is 0.412 e. The van der Waals surface area contributed by atoms with Gasteiger partial charge in [-0.05, 0) is 18.8 Å². The summed E-state index contributed by atoms with van der Waals surface area (Å²) in [5.41, 5.74) is 12.8. The van der Waals surface area contributed by atoms with Crippen LogP contribution < -0.4 is 11.5 Å². The Morgan fingerprint density at radius 3 is 2.65 bits per heavy atom. The minimum atomic E-state index is 0. The van der Waals surface area contributed by atoms with Crippen molar-refractivity contribution in [3.63, 3.8) is 0 Å². The second kappa shape index (κ2) is 8.11. The van der Waals surface area contributed by atoms with Gasteiger partial charge in [-0.2, -0.15) is 0 Å². The van der Waals surface area contributed by atoms with E-state index in [1.165, 1.54) is 17.7 Å². The van der Waals surface area contributed by atoms with E-state index in [2.05, 4.69) is 11.9 Å². The standard InChI is InChI=1S/C10H17N3S.2ClH.H2O/c1-2-3-6-4-7(11)9-8(5-6)14-10(12)13-9;;;/h6-7H,2-5,11H2,1H3,(H2,12,13);2*1H;1H2. The molecule has 0 spiro atoms. The average molecular weight is 302 g/mol. The van der Waals surface area contributed by atoms with Crippen LogP contribution in [0.5, 0.6) is 0 Å². The number of anilines is 1. The molecule has 0 aliphatic heterocycles. The van der Waals surface area contributed by atoms with Crippen LogP contribution in [0.3, 0.4) is 0 Å². The van der Waals surface area contributed by atoms with Gasteiger partial charge in [0.15, 0.2) is 5.13 Å². The topological polar surface area (TPSA) is 96.4 Å². The van der Waals surface area contributed by atoms with E-state index in [0.29, 0.717) is 5.13 Å². The highest BCUT2D eigenvalue weighted by atomic mass is 35.5. The molecule has 1 aromatic rings. The molecular weight excluding hydrogens is 281 g/mol. The summed E-state index contributed by atoms with van der Waals surface area (Å²) in [6.45, 7) is 2.22. The lowest BCUT2D eigenvalue weighted by atomic mass is 9.85. The highest BCUT2D eigenvalue weighted by Crippen LogP contribution is 2.37. The molecule has 1 aliphatic carbocycles. The number of nitrogens with two attached hydrogens (primary N) is 2. The Morgan fingerprint density at radius 2 is 2.06 bits per heavy atom. The van der Waals surface area contributed by atoms with E-state index in [9.17, 15) is 0 Å². The molecule has 0 saturated heterocycles. The van der Waals surface area contributed by atoms with E-state index in [-0.39, 0.29) is 36.3 Å². The van der Waals surface area contributed by atoms with Crippen LogP contribution in [0.15, 0.2) is 0 Å². The zero-order valence-electron chi connectivity index (χ0n) is 9.81. The number of aromatic nitrogens is 1. The van der Waals surface area contributed by atoms with Gasteiger partial charge >= 0.3 is 0 Å². The van der Waals surface area contributed by atoms with Crippen molar-refractivity contribution in [2.45, 2.75) is 38.6 Å². The summed E-state index contributed by atoms with van der Waals surface area (Å²) in [7, 11) is 0. The number of nitrogen functional groups attached to an aromatic ring is 1. The van der Waals surface area contributed by atoms with Crippen LogP contribution in [0.25, 0.3) is 0 Å². The lowest BCUT2D eigenvalue weighted by molar-refractivity contribution is 0.380. The van der Waals surface area contributed by atoms with Gasteiger partial charge in [-0.3, -0.25) is 0 Å². The van der Waals surface area contributed by atoms with Crippen molar-refractivity contribution in [2.24, 2.45) is 11.7 Å². The number of rotatable bonds is 2. The summed E-state index contributed by atoms with van der Waals surface area (Å²) in [6.07, 6.45) is 4.71. The third-order valence-corrected chi connectivity index (χ3v) is 3.78. The molecule has 4 nitrogen and oxygen atoms in total. The van der Waals surface area contributed by atoms with E-state index in [1.54, 1.807) is 11.3 Å². The maximum atomic E-state index is 6.07. The highest BCUT2D eigenvalue weighted by Gasteiger charge is 2.27. The van der Waals surface area contributed by atoms with E-state index in [4.69, 9.17) is 11.5 Å². The van der Waals surface area contributed by atoms with Crippen molar-refractivity contribution in [3.05, 3.63) is 10.6 Å². The number of hydrogen-bond acceptors (Lipinski definition) is 4. The third kappa shape index (κ3) is 4.26. The Labute approximate surface area is 118 Å². The second-order valence-electron chi connectivity index (χ2n) is 4.06. The summed E-state index contributed by atoms with van der Waals surface area (Å²) >= 11 is 1.61. The summed E-state index contributed by atoms with van der Waals surface area (Å²) in [4.78, 5) is 5.62. The van der Waals surface area contributed by atoms with Crippen molar-refractivity contribution in [2.75, 3.05) is 5.73 Å². The zero-order valence-corrected chi connectivity index (χ0v) is 12.3. The van der Waals surface area contributed by atoms with Gasteiger partial charge < -0.3 is 16.9 Å². The number of halogens is 2. The molecule has 1 aliphatic rings. The predicted octanol–water partition coefficient (Wildman–Crippen LogP) is 2.11. The average Bonchev–Trinajstić information content (AvgIpc) is 2.47. The number of fused-ring (bicyclic) bond motifs is 1. The van der Waals surface area contributed by atoms with E-state index in [0.717, 1.165) is 24.5 Å². The molecular formula is C10H21Cl2N3OS. The molecule has 6 N–H and O–H groups in total. The molecule has 7 heteroatoms. The second-order valence-corrected chi connectivity index (χ2v) is 5.18. The lowest BCUT2D eigenvalue weighted by Gasteiger charge is -2.25. The summed E-state index contributed by atoms with van der Waals surface area (Å²) in [5.74, 6) is 0.738. The van der Waals surface area contributed by atoms with Crippen LogP contribution in [-0.2, 0) is 6.42 Å². The molecule has 0 aromatic carbocycles. The van der Waals surface area contributed by atoms with Crippen molar-refractivity contribution in [1.29, 1.82) is 0 Å². The van der Waals surface area contributed by atoms with E-state index in [1.807, 2.05) is 0 Å². The van der Waals surface area contributed by atoms with Gasteiger partial charge in [-0.1, -0.05) is 19.8 Å². The summed E-state index contributed by atoms with van der Waals surface area (Å²) in [6, 6.07) is 0.115. The summed E-state index contributed by atoms with van der Waals surface area (Å²) < 4.78 is 0. The maximum absolute atomic E-state index is 6.07. The fourth-order valence-corrected chi connectivity index (χ4v) is 3.28. The van der Waals surface area contributed by atoms with E-state index >= 15 is 0 Å². The Kier molecular flexibility index (Phi) is 9.19. The van der Waals surface area contributed by atoms with Crippen molar-refractivity contribution >= 4 is 41.3 Å². The number of thiazole rings is 1. The van der Waals surface area contributed by atoms with Crippen LogP contribution >= 0.6 is 36.2 Å². The van der Waals surface area contributed by atoms with Crippen molar-refractivity contribution in [3.8, 4) is 0 Å². The quantitative estimate of drug-likeness (QED) is 0.875. The molecule has 17 heavy (non-hydrogen) atoms. The van der Waals surface area contributed by atoms with Gasteiger partial charge in [0.05, 0.1) is 5.69 Å². The lowest BCUT2D eigenvalue weighted by Crippen LogP contribution is -2.23. The Hall–Kier alpha value is -0.0700. The van der Waals surface area contributed by atoms with E-state index < -0.39 is 0 Å². The Bertz CT molecular complexity index is 335. The molecule has 2 rings (SSSR count). The fraction of sp³-hybridized carbons (Fsp3) is 0.700. The summed E-state index contributed by atoms with van der Waals surface area (Å²) in [5, 5.41) is 0.669. The number of nitrogens with zero attached hydrogens (tertiary/aromatic N) is 1. The molecule has 2 unspecified atom stereocenters. The van der Waals surface area contributed by atoms with Crippen LogP contribution in [0.1, 0.15) is 42.8 Å². The first kappa shape index (κ1) is 19.3. The molecule has 0 saturated carbocycles. The Balaban J connectivity index is 0. The fourth-order valence-electron chi connectivity index (χ4n) is 2.26. The predicted molar refractivity (Wildman–Crippen MR) is 78.3 cm³/mol. The maximum Gasteiger partial charge on any atom is 0.180 e. The SMILES string of the molecule is CCCC1Cc2sc(N)nc2C(N)C1.Cl.Cl.O. The monoisotopic (exact) mass is 301 g/mol. The van der Waals surface area contributed by atoms with Gasteiger partial charge in [0.1, 0.15) is 0 Å². The van der Waals surface area contributed by atoms with Crippen LogP contribution in [-0.4, -0.2) is 10.5 Å². The first-order chi connectivity index (χ1) is 6.70. The van der Waals surface area contributed by atoms with Gasteiger partial charge in [0.25, 0.3) is 0 Å². The van der Waals surface area contributed by atoms with Crippen LogP contribution in [0, 0.1) is 5.92 Å². The first-order valence-corrected chi connectivity index (χ1v) is 6.03. The van der Waals surface area contributed by atoms with Crippen LogP contribution in [0.2, 0.25) is 0 Å². The molecule has 1 heterocycles. The normalized spacial score (nSPS) is 21.5. The number of hydrogen-bond donors (Lipinski definition) is 2. The van der Waals surface area contributed by atoms with Gasteiger partial charge in [0.2, 0.25) is 0 Å². The third-order valence-electron chi connectivity index (χ3n) is 2.85. The van der Waals surface area contributed by atoms with Gasteiger partial charge in [0, 0.05) is 10.9 Å². The molecule has 102 valence electrons. The zero-order chi connectivity index (χ0) is 10.1. The highest BCUT2D eigenvalue weighted by molar-refractivity contribution is 7.15. The first-order valence-electron chi connectivity index (χ1n) is 5.21. The molecule has 0 radical (unpaired) electrons. The van der Waals surface area contributed by atoms with Gasteiger partial charge in [-0.25, -0.2) is 4.98 Å². The van der Waals surface area contributed by atoms with Crippen molar-refractivity contribution < 1.29 is 5.48 Å². The molecule has 0 amide bonds. The van der Waals surface area contributed by atoms with Crippen LogP contribution in [0.4, 0.5) is 5.13 Å². The minimum absolute atomic E-state index is 0. The Morgan fingerprint density at radius 1 is 1.41 bits per heavy atom. The molecule has 1 aromatic heterocycles. The smallest absolute Gasteiger partial charge is 0.180 e. The molecule has 2 atom stereocenters. The van der Waals surface area contributed by atoms with Gasteiger partial charge in [-0.15, -0.1) is 36.2 Å². The minimum Gasteiger partial charge on any atom is -0.412 e. The molecule has 0 fully saturated rings. The molecule has 0 bridgehead atoms. The van der Waals surface area contributed by atoms with Crippen molar-refractivity contribution in [1.82, 2.24) is 4.98 Å².